The van der Waals surface area contributed by atoms with E-state index in [9.17, 15) is 4.79 Å². The highest BCUT2D eigenvalue weighted by molar-refractivity contribution is 5.69. The lowest BCUT2D eigenvalue weighted by molar-refractivity contribution is -0.143. The summed E-state index contributed by atoms with van der Waals surface area (Å²) in [7, 11) is 0. The van der Waals surface area contributed by atoms with E-state index in [1.165, 1.54) is 263 Å². The zero-order valence-corrected chi connectivity index (χ0v) is 37.0. The summed E-state index contributed by atoms with van der Waals surface area (Å²) in [5.74, 6) is 0.0203. The Morgan fingerprint density at radius 2 is 0.528 bits per heavy atom. The Morgan fingerprint density at radius 3 is 0.830 bits per heavy atom. The Morgan fingerprint density at radius 1 is 0.302 bits per heavy atom. The fraction of sp³-hybridized carbons (Fsp3) is 0.941. The van der Waals surface area contributed by atoms with Gasteiger partial charge in [-0.25, -0.2) is 0 Å². The van der Waals surface area contributed by atoms with Crippen molar-refractivity contribution in [3.63, 3.8) is 0 Å². The molecule has 0 saturated heterocycles. The van der Waals surface area contributed by atoms with E-state index in [0.717, 1.165) is 19.3 Å². The van der Waals surface area contributed by atoms with Crippen LogP contribution in [0.15, 0.2) is 12.2 Å². The van der Waals surface area contributed by atoms with Crippen molar-refractivity contribution >= 4 is 5.97 Å². The maximum absolute atomic E-state index is 12.0. The van der Waals surface area contributed by atoms with Gasteiger partial charge in [0.25, 0.3) is 0 Å². The lowest BCUT2D eigenvalue weighted by Gasteiger charge is -2.06. The van der Waals surface area contributed by atoms with Gasteiger partial charge in [-0.3, -0.25) is 4.79 Å². The van der Waals surface area contributed by atoms with Crippen LogP contribution >= 0.6 is 0 Å². The van der Waals surface area contributed by atoms with E-state index in [1.54, 1.807) is 0 Å². The monoisotopic (exact) mass is 745 g/mol. The highest BCUT2D eigenvalue weighted by Crippen LogP contribution is 2.17. The van der Waals surface area contributed by atoms with Crippen molar-refractivity contribution < 1.29 is 9.53 Å². The van der Waals surface area contributed by atoms with Crippen LogP contribution in [0.25, 0.3) is 0 Å². The van der Waals surface area contributed by atoms with Crippen LogP contribution in [0.3, 0.4) is 0 Å². The molecule has 0 aromatic heterocycles. The van der Waals surface area contributed by atoms with Crippen LogP contribution < -0.4 is 0 Å². The Balaban J connectivity index is 3.14. The number of esters is 1. The zero-order valence-electron chi connectivity index (χ0n) is 37.0. The van der Waals surface area contributed by atoms with Gasteiger partial charge in [-0.05, 0) is 38.5 Å². The Hall–Kier alpha value is -0.790. The molecule has 0 fully saturated rings. The molecule has 0 aliphatic heterocycles. The van der Waals surface area contributed by atoms with E-state index in [-0.39, 0.29) is 5.97 Å². The second-order valence-corrected chi connectivity index (χ2v) is 17.2. The molecule has 53 heavy (non-hydrogen) atoms. The van der Waals surface area contributed by atoms with Gasteiger partial charge in [0, 0.05) is 6.42 Å². The predicted octanol–water partition coefficient (Wildman–Crippen LogP) is 18.7. The minimum Gasteiger partial charge on any atom is -0.466 e. The molecule has 0 unspecified atom stereocenters. The topological polar surface area (TPSA) is 26.3 Å². The number of allylic oxidation sites excluding steroid dienone is 2. The quantitative estimate of drug-likeness (QED) is 0.0352. The van der Waals surface area contributed by atoms with Gasteiger partial charge >= 0.3 is 5.97 Å². The van der Waals surface area contributed by atoms with Gasteiger partial charge in [-0.1, -0.05) is 270 Å². The molecule has 0 heterocycles. The summed E-state index contributed by atoms with van der Waals surface area (Å²) < 4.78 is 5.47. The predicted molar refractivity (Wildman–Crippen MR) is 239 cm³/mol. The SMILES string of the molecule is CCCCCC/C=C\CCCCCCCC(=O)OCCCCCCCCCCCCCCCCCCCCCCCCCCCCCCCCCCC. The summed E-state index contributed by atoms with van der Waals surface area (Å²) in [4.78, 5) is 12.0. The van der Waals surface area contributed by atoms with Crippen LogP contribution in [0.2, 0.25) is 0 Å². The Bertz CT molecular complexity index is 684. The van der Waals surface area contributed by atoms with Crippen molar-refractivity contribution in [1.82, 2.24) is 0 Å². The van der Waals surface area contributed by atoms with Gasteiger partial charge in [0.05, 0.1) is 6.61 Å². The minimum absolute atomic E-state index is 0.0203. The van der Waals surface area contributed by atoms with Crippen LogP contribution in [0, 0.1) is 0 Å². The first kappa shape index (κ1) is 52.2. The molecule has 0 amide bonds. The third-order valence-corrected chi connectivity index (χ3v) is 11.7. The standard InChI is InChI=1S/C51H100O2/c1-3-5-7-9-11-13-15-17-18-19-20-21-22-23-24-25-26-27-28-29-30-31-32-33-34-35-36-38-40-42-44-46-48-50-53-51(52)49-47-45-43-41-39-37-16-14-12-10-8-6-4-2/h14,16H,3-13,15,17-50H2,1-2H3/b16-14-. The molecule has 2 heteroatoms. The van der Waals surface area contributed by atoms with Crippen LogP contribution in [0.1, 0.15) is 303 Å². The van der Waals surface area contributed by atoms with Crippen molar-refractivity contribution in [2.45, 2.75) is 303 Å². The molecule has 0 atom stereocenters. The second kappa shape index (κ2) is 49.2. The maximum atomic E-state index is 12.0. The number of hydrogen-bond donors (Lipinski definition) is 0. The van der Waals surface area contributed by atoms with Crippen molar-refractivity contribution in [2.75, 3.05) is 6.61 Å². The average Bonchev–Trinajstić information content (AvgIpc) is 3.16. The van der Waals surface area contributed by atoms with Gasteiger partial charge in [0.1, 0.15) is 0 Å². The molecule has 0 bridgehead atoms. The largest absolute Gasteiger partial charge is 0.466 e. The molecule has 0 rings (SSSR count). The normalized spacial score (nSPS) is 11.7. The fourth-order valence-corrected chi connectivity index (χ4v) is 7.90. The molecular formula is C51H100O2. The maximum Gasteiger partial charge on any atom is 0.305 e. The number of unbranched alkanes of at least 4 members (excludes halogenated alkanes) is 41. The smallest absolute Gasteiger partial charge is 0.305 e. The van der Waals surface area contributed by atoms with Gasteiger partial charge in [-0.15, -0.1) is 0 Å². The molecule has 0 radical (unpaired) electrons. The minimum atomic E-state index is 0.0203. The molecule has 0 saturated carbocycles. The molecular weight excluding hydrogens is 645 g/mol. The molecule has 0 spiro atoms. The molecule has 0 aliphatic rings. The highest BCUT2D eigenvalue weighted by atomic mass is 16.5. The average molecular weight is 745 g/mol. The van der Waals surface area contributed by atoms with Gasteiger partial charge in [-0.2, -0.15) is 0 Å². The number of hydrogen-bond acceptors (Lipinski definition) is 2. The van der Waals surface area contributed by atoms with Crippen LogP contribution in [0.5, 0.6) is 0 Å². The zero-order chi connectivity index (χ0) is 38.2. The van der Waals surface area contributed by atoms with E-state index < -0.39 is 0 Å². The van der Waals surface area contributed by atoms with Gasteiger partial charge in [0.2, 0.25) is 0 Å². The number of carbonyl (C=O) groups is 1. The molecule has 0 aromatic rings. The summed E-state index contributed by atoms with van der Waals surface area (Å²) in [6.45, 7) is 5.21. The first-order chi connectivity index (χ1) is 26.3. The molecule has 2 nitrogen and oxygen atoms in total. The van der Waals surface area contributed by atoms with Crippen molar-refractivity contribution in [3.05, 3.63) is 12.2 Å². The summed E-state index contributed by atoms with van der Waals surface area (Å²) in [5.41, 5.74) is 0. The van der Waals surface area contributed by atoms with E-state index in [0.29, 0.717) is 13.0 Å². The van der Waals surface area contributed by atoms with E-state index in [2.05, 4.69) is 26.0 Å². The van der Waals surface area contributed by atoms with Crippen LogP contribution in [-0.4, -0.2) is 12.6 Å². The second-order valence-electron chi connectivity index (χ2n) is 17.2. The highest BCUT2D eigenvalue weighted by Gasteiger charge is 2.03. The number of ether oxygens (including phenoxy) is 1. The first-order valence-corrected chi connectivity index (χ1v) is 25.1. The van der Waals surface area contributed by atoms with Crippen molar-refractivity contribution in [1.29, 1.82) is 0 Å². The van der Waals surface area contributed by atoms with Gasteiger partial charge in [0.15, 0.2) is 0 Å². The third-order valence-electron chi connectivity index (χ3n) is 11.7. The summed E-state index contributed by atoms with van der Waals surface area (Å²) in [6.07, 6.45) is 66.5. The Labute approximate surface area is 336 Å². The summed E-state index contributed by atoms with van der Waals surface area (Å²) >= 11 is 0. The van der Waals surface area contributed by atoms with E-state index >= 15 is 0 Å². The van der Waals surface area contributed by atoms with Crippen molar-refractivity contribution in [3.8, 4) is 0 Å². The lowest BCUT2D eigenvalue weighted by atomic mass is 10.0. The van der Waals surface area contributed by atoms with Crippen LogP contribution in [0.4, 0.5) is 0 Å². The van der Waals surface area contributed by atoms with Crippen molar-refractivity contribution in [2.24, 2.45) is 0 Å². The number of rotatable bonds is 47. The number of carbonyl (C=O) groups excluding carboxylic acids is 1. The summed E-state index contributed by atoms with van der Waals surface area (Å²) in [6, 6.07) is 0. The fourth-order valence-electron chi connectivity index (χ4n) is 7.90. The lowest BCUT2D eigenvalue weighted by Crippen LogP contribution is -2.05. The van der Waals surface area contributed by atoms with E-state index in [1.807, 2.05) is 0 Å². The van der Waals surface area contributed by atoms with Crippen LogP contribution in [-0.2, 0) is 9.53 Å². The Kier molecular flexibility index (Phi) is 48.5. The molecule has 0 N–H and O–H groups in total. The molecule has 0 aliphatic carbocycles. The van der Waals surface area contributed by atoms with E-state index in [4.69, 9.17) is 4.74 Å². The molecule has 0 aromatic carbocycles. The third kappa shape index (κ3) is 49.2. The first-order valence-electron chi connectivity index (χ1n) is 25.1. The van der Waals surface area contributed by atoms with Gasteiger partial charge < -0.3 is 4.74 Å². The summed E-state index contributed by atoms with van der Waals surface area (Å²) in [5, 5.41) is 0. The molecule has 316 valence electrons.